The average Bonchev–Trinajstić information content (AvgIpc) is 2.67. The van der Waals surface area contributed by atoms with E-state index in [1.54, 1.807) is 12.3 Å². The second-order valence-electron chi connectivity index (χ2n) is 3.13. The number of hydrogen-bond donors (Lipinski definition) is 2. The fraction of sp³-hybridized carbons (Fsp3) is 0.100. The van der Waals surface area contributed by atoms with E-state index < -0.39 is 5.97 Å². The molecule has 0 amide bonds. The number of carboxylic acids is 1. The molecule has 2 heterocycles. The quantitative estimate of drug-likeness (QED) is 0.774. The molecule has 0 aliphatic rings. The van der Waals surface area contributed by atoms with Crippen LogP contribution in [0.25, 0.3) is 11.4 Å². The summed E-state index contributed by atoms with van der Waals surface area (Å²) in [5.74, 6) is -1.01. The molecule has 2 aromatic heterocycles. The van der Waals surface area contributed by atoms with E-state index in [0.29, 0.717) is 11.4 Å². The SMILES string of the molecule is Cc1cccnc1-c1[nH]ncc1C(=O)O. The Hall–Kier alpha value is -2.17. The lowest BCUT2D eigenvalue weighted by atomic mass is 10.1. The highest BCUT2D eigenvalue weighted by Crippen LogP contribution is 2.21. The van der Waals surface area contributed by atoms with Crippen molar-refractivity contribution in [2.75, 3.05) is 0 Å². The van der Waals surface area contributed by atoms with Gasteiger partial charge >= 0.3 is 5.97 Å². The molecule has 2 rings (SSSR count). The van der Waals surface area contributed by atoms with Gasteiger partial charge in [-0.2, -0.15) is 5.10 Å². The van der Waals surface area contributed by atoms with Gasteiger partial charge in [-0.05, 0) is 18.6 Å². The van der Waals surface area contributed by atoms with Crippen molar-refractivity contribution in [1.82, 2.24) is 15.2 Å². The molecule has 2 aromatic rings. The number of aryl methyl sites for hydroxylation is 1. The number of nitrogens with zero attached hydrogens (tertiary/aromatic N) is 2. The zero-order valence-corrected chi connectivity index (χ0v) is 8.06. The smallest absolute Gasteiger partial charge is 0.339 e. The van der Waals surface area contributed by atoms with E-state index >= 15 is 0 Å². The van der Waals surface area contributed by atoms with Crippen molar-refractivity contribution in [3.05, 3.63) is 35.7 Å². The van der Waals surface area contributed by atoms with Crippen molar-refractivity contribution >= 4 is 5.97 Å². The molecule has 5 nitrogen and oxygen atoms in total. The largest absolute Gasteiger partial charge is 0.478 e. The molecule has 15 heavy (non-hydrogen) atoms. The average molecular weight is 203 g/mol. The minimum absolute atomic E-state index is 0.136. The summed E-state index contributed by atoms with van der Waals surface area (Å²) in [6, 6.07) is 3.67. The predicted octanol–water partition coefficient (Wildman–Crippen LogP) is 1.48. The summed E-state index contributed by atoms with van der Waals surface area (Å²) in [5.41, 5.74) is 2.11. The van der Waals surface area contributed by atoms with E-state index in [4.69, 9.17) is 5.11 Å². The maximum atomic E-state index is 10.9. The Balaban J connectivity index is 2.59. The molecular weight excluding hydrogens is 194 g/mol. The third-order valence-corrected chi connectivity index (χ3v) is 2.12. The molecule has 0 bridgehead atoms. The van der Waals surface area contributed by atoms with E-state index in [1.165, 1.54) is 6.20 Å². The summed E-state index contributed by atoms with van der Waals surface area (Å²) in [5, 5.41) is 15.3. The van der Waals surface area contributed by atoms with Crippen LogP contribution in [0, 0.1) is 6.92 Å². The molecule has 0 saturated carbocycles. The van der Waals surface area contributed by atoms with Crippen LogP contribution >= 0.6 is 0 Å². The monoisotopic (exact) mass is 203 g/mol. The molecule has 0 aliphatic carbocycles. The van der Waals surface area contributed by atoms with Gasteiger partial charge in [0.1, 0.15) is 5.56 Å². The second kappa shape index (κ2) is 3.53. The van der Waals surface area contributed by atoms with Gasteiger partial charge < -0.3 is 5.11 Å². The number of carboxylic acid groups (broad SMARTS) is 1. The fourth-order valence-corrected chi connectivity index (χ4v) is 1.38. The number of H-pyrrole nitrogens is 1. The summed E-state index contributed by atoms with van der Waals surface area (Å²) < 4.78 is 0. The molecule has 76 valence electrons. The number of aromatic amines is 1. The number of carbonyl (C=O) groups is 1. The lowest BCUT2D eigenvalue weighted by Gasteiger charge is -2.02. The van der Waals surface area contributed by atoms with E-state index in [1.807, 2.05) is 13.0 Å². The van der Waals surface area contributed by atoms with Crippen LogP contribution in [0.2, 0.25) is 0 Å². The van der Waals surface area contributed by atoms with Crippen molar-refractivity contribution in [1.29, 1.82) is 0 Å². The molecule has 0 spiro atoms. The van der Waals surface area contributed by atoms with Crippen LogP contribution in [0.3, 0.4) is 0 Å². The number of aromatic nitrogens is 3. The van der Waals surface area contributed by atoms with Crippen molar-refractivity contribution in [3.63, 3.8) is 0 Å². The van der Waals surface area contributed by atoms with Gasteiger partial charge in [-0.1, -0.05) is 6.07 Å². The fourth-order valence-electron chi connectivity index (χ4n) is 1.38. The Kier molecular flexibility index (Phi) is 2.21. The Morgan fingerprint density at radius 3 is 3.00 bits per heavy atom. The maximum absolute atomic E-state index is 10.9. The van der Waals surface area contributed by atoms with Crippen LogP contribution in [0.1, 0.15) is 15.9 Å². The summed E-state index contributed by atoms with van der Waals surface area (Å²) in [6.07, 6.45) is 2.90. The van der Waals surface area contributed by atoms with Gasteiger partial charge in [0.2, 0.25) is 0 Å². The molecule has 0 radical (unpaired) electrons. The molecular formula is C10H9N3O2. The van der Waals surface area contributed by atoms with E-state index in [0.717, 1.165) is 5.56 Å². The number of aromatic carboxylic acids is 1. The number of hydrogen-bond acceptors (Lipinski definition) is 3. The highest BCUT2D eigenvalue weighted by molar-refractivity contribution is 5.94. The van der Waals surface area contributed by atoms with E-state index in [-0.39, 0.29) is 5.56 Å². The van der Waals surface area contributed by atoms with Crippen LogP contribution in [0.5, 0.6) is 0 Å². The Morgan fingerprint density at radius 2 is 2.33 bits per heavy atom. The van der Waals surface area contributed by atoms with Crippen LogP contribution in [0.4, 0.5) is 0 Å². The predicted molar refractivity (Wildman–Crippen MR) is 53.5 cm³/mol. The van der Waals surface area contributed by atoms with Crippen molar-refractivity contribution < 1.29 is 9.90 Å². The van der Waals surface area contributed by atoms with Gasteiger partial charge in [0.15, 0.2) is 0 Å². The molecule has 0 aliphatic heterocycles. The highest BCUT2D eigenvalue weighted by Gasteiger charge is 2.15. The van der Waals surface area contributed by atoms with Crippen LogP contribution in [0.15, 0.2) is 24.5 Å². The summed E-state index contributed by atoms with van der Waals surface area (Å²) in [4.78, 5) is 15.0. The third-order valence-electron chi connectivity index (χ3n) is 2.12. The first-order valence-corrected chi connectivity index (χ1v) is 4.39. The van der Waals surface area contributed by atoms with Gasteiger partial charge in [-0.3, -0.25) is 10.1 Å². The van der Waals surface area contributed by atoms with Crippen LogP contribution in [-0.2, 0) is 0 Å². The lowest BCUT2D eigenvalue weighted by Crippen LogP contribution is -1.98. The molecule has 5 heteroatoms. The van der Waals surface area contributed by atoms with Crippen molar-refractivity contribution in [3.8, 4) is 11.4 Å². The summed E-state index contributed by atoms with van der Waals surface area (Å²) >= 11 is 0. The molecule has 0 aromatic carbocycles. The van der Waals surface area contributed by atoms with Crippen LogP contribution < -0.4 is 0 Å². The molecule has 2 N–H and O–H groups in total. The summed E-state index contributed by atoms with van der Waals surface area (Å²) in [7, 11) is 0. The first-order valence-electron chi connectivity index (χ1n) is 4.39. The van der Waals surface area contributed by atoms with E-state index in [2.05, 4.69) is 15.2 Å². The van der Waals surface area contributed by atoms with Gasteiger partial charge in [0.25, 0.3) is 0 Å². The number of pyridine rings is 1. The van der Waals surface area contributed by atoms with Gasteiger partial charge in [-0.25, -0.2) is 4.79 Å². The Labute approximate surface area is 85.8 Å². The molecule has 0 atom stereocenters. The standard InChI is InChI=1S/C10H9N3O2/c1-6-3-2-4-11-8(6)9-7(10(14)15)5-12-13-9/h2-5H,1H3,(H,12,13)(H,14,15). The Bertz CT molecular complexity index is 505. The third kappa shape index (κ3) is 1.59. The molecule has 0 unspecified atom stereocenters. The van der Waals surface area contributed by atoms with Gasteiger partial charge in [0.05, 0.1) is 17.6 Å². The van der Waals surface area contributed by atoms with Crippen LogP contribution in [-0.4, -0.2) is 26.3 Å². The minimum Gasteiger partial charge on any atom is -0.478 e. The summed E-state index contributed by atoms with van der Waals surface area (Å²) in [6.45, 7) is 1.87. The topological polar surface area (TPSA) is 78.9 Å². The van der Waals surface area contributed by atoms with E-state index in [9.17, 15) is 4.79 Å². The zero-order chi connectivity index (χ0) is 10.8. The first-order chi connectivity index (χ1) is 7.20. The normalized spacial score (nSPS) is 10.2. The molecule has 0 saturated heterocycles. The number of rotatable bonds is 2. The zero-order valence-electron chi connectivity index (χ0n) is 8.06. The minimum atomic E-state index is -1.01. The van der Waals surface area contributed by atoms with Gasteiger partial charge in [0, 0.05) is 6.20 Å². The maximum Gasteiger partial charge on any atom is 0.339 e. The van der Waals surface area contributed by atoms with Gasteiger partial charge in [-0.15, -0.1) is 0 Å². The highest BCUT2D eigenvalue weighted by atomic mass is 16.4. The van der Waals surface area contributed by atoms with Crippen molar-refractivity contribution in [2.45, 2.75) is 6.92 Å². The number of nitrogens with one attached hydrogen (secondary N) is 1. The first kappa shape index (κ1) is 9.39. The van der Waals surface area contributed by atoms with Crippen molar-refractivity contribution in [2.24, 2.45) is 0 Å². The lowest BCUT2D eigenvalue weighted by molar-refractivity contribution is 0.0698. The Morgan fingerprint density at radius 1 is 1.53 bits per heavy atom. The second-order valence-corrected chi connectivity index (χ2v) is 3.13. The molecule has 0 fully saturated rings.